The minimum absolute atomic E-state index is 0.819. The van der Waals surface area contributed by atoms with Crippen molar-refractivity contribution < 1.29 is 0 Å². The standard InChI is InChI=1S/C12H25N/c1-4-6-11(7-5-2)12-10(3)8-9-13-12/h10-13H,4-9H2,1-3H3. The fraction of sp³-hybridized carbons (Fsp3) is 1.00. The molecule has 0 aliphatic carbocycles. The van der Waals surface area contributed by atoms with Gasteiger partial charge in [-0.2, -0.15) is 0 Å². The molecule has 0 aromatic carbocycles. The zero-order valence-electron chi connectivity index (χ0n) is 9.47. The van der Waals surface area contributed by atoms with Crippen molar-refractivity contribution in [3.8, 4) is 0 Å². The van der Waals surface area contributed by atoms with Gasteiger partial charge in [0.1, 0.15) is 0 Å². The monoisotopic (exact) mass is 183 g/mol. The van der Waals surface area contributed by atoms with E-state index in [1.165, 1.54) is 38.6 Å². The van der Waals surface area contributed by atoms with Crippen LogP contribution in [0.25, 0.3) is 0 Å². The van der Waals surface area contributed by atoms with E-state index in [1.807, 2.05) is 0 Å². The largest absolute Gasteiger partial charge is 0.313 e. The highest BCUT2D eigenvalue weighted by atomic mass is 15.0. The lowest BCUT2D eigenvalue weighted by Crippen LogP contribution is -2.34. The molecule has 1 fully saturated rings. The van der Waals surface area contributed by atoms with Crippen LogP contribution in [0.1, 0.15) is 52.9 Å². The second-order valence-electron chi connectivity index (χ2n) is 4.58. The highest BCUT2D eigenvalue weighted by molar-refractivity contribution is 4.86. The Morgan fingerprint density at radius 2 is 1.85 bits per heavy atom. The summed E-state index contributed by atoms with van der Waals surface area (Å²) in [6.07, 6.45) is 6.89. The zero-order chi connectivity index (χ0) is 9.68. The van der Waals surface area contributed by atoms with Crippen LogP contribution >= 0.6 is 0 Å². The van der Waals surface area contributed by atoms with Crippen LogP contribution in [0.4, 0.5) is 0 Å². The van der Waals surface area contributed by atoms with E-state index in [1.54, 1.807) is 0 Å². The highest BCUT2D eigenvalue weighted by Crippen LogP contribution is 2.27. The molecular formula is C12H25N. The molecule has 0 spiro atoms. The number of rotatable bonds is 5. The Balaban J connectivity index is 2.42. The van der Waals surface area contributed by atoms with Crippen molar-refractivity contribution in [2.24, 2.45) is 11.8 Å². The van der Waals surface area contributed by atoms with E-state index in [0.29, 0.717) is 0 Å². The van der Waals surface area contributed by atoms with Gasteiger partial charge in [-0.3, -0.25) is 0 Å². The van der Waals surface area contributed by atoms with Crippen molar-refractivity contribution in [3.63, 3.8) is 0 Å². The first-order valence-corrected chi connectivity index (χ1v) is 6.03. The smallest absolute Gasteiger partial charge is 0.0121 e. The third-order valence-electron chi connectivity index (χ3n) is 3.42. The molecule has 0 radical (unpaired) electrons. The Morgan fingerprint density at radius 1 is 1.23 bits per heavy atom. The third-order valence-corrected chi connectivity index (χ3v) is 3.42. The zero-order valence-corrected chi connectivity index (χ0v) is 9.47. The predicted octanol–water partition coefficient (Wildman–Crippen LogP) is 3.20. The van der Waals surface area contributed by atoms with Gasteiger partial charge in [0.25, 0.3) is 0 Å². The predicted molar refractivity (Wildman–Crippen MR) is 58.9 cm³/mol. The van der Waals surface area contributed by atoms with Gasteiger partial charge in [-0.1, -0.05) is 33.6 Å². The highest BCUT2D eigenvalue weighted by Gasteiger charge is 2.28. The molecule has 13 heavy (non-hydrogen) atoms. The summed E-state index contributed by atoms with van der Waals surface area (Å²) in [5.41, 5.74) is 0. The first-order chi connectivity index (χ1) is 6.29. The van der Waals surface area contributed by atoms with Crippen molar-refractivity contribution in [3.05, 3.63) is 0 Å². The molecule has 78 valence electrons. The summed E-state index contributed by atoms with van der Waals surface area (Å²) in [4.78, 5) is 0. The van der Waals surface area contributed by atoms with Crippen LogP contribution < -0.4 is 5.32 Å². The van der Waals surface area contributed by atoms with Gasteiger partial charge in [-0.25, -0.2) is 0 Å². The summed E-state index contributed by atoms with van der Waals surface area (Å²) in [5, 5.41) is 3.68. The minimum Gasteiger partial charge on any atom is -0.313 e. The fourth-order valence-electron chi connectivity index (χ4n) is 2.73. The van der Waals surface area contributed by atoms with E-state index in [0.717, 1.165) is 17.9 Å². The first-order valence-electron chi connectivity index (χ1n) is 6.03. The van der Waals surface area contributed by atoms with Crippen LogP contribution in [0.15, 0.2) is 0 Å². The molecule has 1 aliphatic rings. The van der Waals surface area contributed by atoms with Gasteiger partial charge in [0.15, 0.2) is 0 Å². The molecule has 0 amide bonds. The van der Waals surface area contributed by atoms with E-state index >= 15 is 0 Å². The fourth-order valence-corrected chi connectivity index (χ4v) is 2.73. The average molecular weight is 183 g/mol. The molecule has 1 N–H and O–H groups in total. The molecule has 1 nitrogen and oxygen atoms in total. The van der Waals surface area contributed by atoms with Crippen LogP contribution in [0.2, 0.25) is 0 Å². The maximum Gasteiger partial charge on any atom is 0.0121 e. The molecule has 0 aromatic heterocycles. The SMILES string of the molecule is CCCC(CCC)C1NCCC1C. The summed E-state index contributed by atoms with van der Waals surface area (Å²) in [6, 6.07) is 0.819. The van der Waals surface area contributed by atoms with Gasteiger partial charge in [0, 0.05) is 6.04 Å². The average Bonchev–Trinajstić information content (AvgIpc) is 2.51. The lowest BCUT2D eigenvalue weighted by Gasteiger charge is -2.26. The summed E-state index contributed by atoms with van der Waals surface area (Å²) in [5.74, 6) is 1.84. The van der Waals surface area contributed by atoms with Crippen molar-refractivity contribution in [2.45, 2.75) is 58.9 Å². The second kappa shape index (κ2) is 5.64. The van der Waals surface area contributed by atoms with Gasteiger partial charge in [0.2, 0.25) is 0 Å². The van der Waals surface area contributed by atoms with Crippen LogP contribution in [0.3, 0.4) is 0 Å². The van der Waals surface area contributed by atoms with Gasteiger partial charge in [-0.15, -0.1) is 0 Å². The molecular weight excluding hydrogens is 158 g/mol. The van der Waals surface area contributed by atoms with Crippen molar-refractivity contribution in [1.82, 2.24) is 5.32 Å². The molecule has 2 unspecified atom stereocenters. The second-order valence-corrected chi connectivity index (χ2v) is 4.58. The number of hydrogen-bond acceptors (Lipinski definition) is 1. The third kappa shape index (κ3) is 2.98. The van der Waals surface area contributed by atoms with Crippen molar-refractivity contribution in [1.29, 1.82) is 0 Å². The quantitative estimate of drug-likeness (QED) is 0.690. The van der Waals surface area contributed by atoms with Gasteiger partial charge >= 0.3 is 0 Å². The maximum absolute atomic E-state index is 3.68. The van der Waals surface area contributed by atoms with Gasteiger partial charge < -0.3 is 5.32 Å². The van der Waals surface area contributed by atoms with Crippen molar-refractivity contribution >= 4 is 0 Å². The Labute approximate surface area is 83.3 Å². The summed E-state index contributed by atoms with van der Waals surface area (Å²) in [7, 11) is 0. The van der Waals surface area contributed by atoms with E-state index in [4.69, 9.17) is 0 Å². The molecule has 1 heterocycles. The van der Waals surface area contributed by atoms with E-state index in [9.17, 15) is 0 Å². The van der Waals surface area contributed by atoms with Crippen LogP contribution in [-0.4, -0.2) is 12.6 Å². The van der Waals surface area contributed by atoms with E-state index in [2.05, 4.69) is 26.1 Å². The summed E-state index contributed by atoms with van der Waals surface area (Å²) < 4.78 is 0. The van der Waals surface area contributed by atoms with Gasteiger partial charge in [0.05, 0.1) is 0 Å². The lowest BCUT2D eigenvalue weighted by molar-refractivity contribution is 0.292. The molecule has 1 rings (SSSR count). The van der Waals surface area contributed by atoms with Crippen molar-refractivity contribution in [2.75, 3.05) is 6.54 Å². The number of hydrogen-bond donors (Lipinski definition) is 1. The minimum atomic E-state index is 0.819. The number of nitrogens with one attached hydrogen (secondary N) is 1. The van der Waals surface area contributed by atoms with Crippen LogP contribution in [0.5, 0.6) is 0 Å². The van der Waals surface area contributed by atoms with Gasteiger partial charge in [-0.05, 0) is 37.6 Å². The Kier molecular flexibility index (Phi) is 4.79. The normalized spacial score (nSPS) is 28.6. The molecule has 1 heteroatoms. The molecule has 0 saturated carbocycles. The first kappa shape index (κ1) is 11.0. The molecule has 2 atom stereocenters. The van der Waals surface area contributed by atoms with Crippen LogP contribution in [0, 0.1) is 11.8 Å². The lowest BCUT2D eigenvalue weighted by atomic mass is 9.85. The van der Waals surface area contributed by atoms with Crippen LogP contribution in [-0.2, 0) is 0 Å². The molecule has 1 aliphatic heterocycles. The van der Waals surface area contributed by atoms with E-state index in [-0.39, 0.29) is 0 Å². The Morgan fingerprint density at radius 3 is 2.23 bits per heavy atom. The Hall–Kier alpha value is -0.0400. The molecule has 0 bridgehead atoms. The topological polar surface area (TPSA) is 12.0 Å². The maximum atomic E-state index is 3.68. The summed E-state index contributed by atoms with van der Waals surface area (Å²) >= 11 is 0. The molecule has 1 saturated heterocycles. The molecule has 0 aromatic rings. The Bertz CT molecular complexity index is 127. The van der Waals surface area contributed by atoms with E-state index < -0.39 is 0 Å². The summed E-state index contributed by atoms with van der Waals surface area (Å²) in [6.45, 7) is 8.27.